The van der Waals surface area contributed by atoms with Crippen LogP contribution < -0.4 is 19.1 Å². The highest BCUT2D eigenvalue weighted by Gasteiger charge is 2.57. The number of hydrogen-bond acceptors (Lipinski definition) is 6. The summed E-state index contributed by atoms with van der Waals surface area (Å²) in [5, 5.41) is 8.18. The first-order chi connectivity index (χ1) is 17.5. The summed E-state index contributed by atoms with van der Waals surface area (Å²) in [6, 6.07) is 14.9. The minimum absolute atomic E-state index is 0.103. The lowest BCUT2D eigenvalue weighted by Crippen LogP contribution is -2.42. The fourth-order valence-corrected chi connectivity index (χ4v) is 5.22. The van der Waals surface area contributed by atoms with E-state index in [0.29, 0.717) is 22.9 Å². The molecule has 1 unspecified atom stereocenters. The number of carbonyl (C=O) groups is 1. The molecule has 1 atom stereocenters. The molecule has 0 N–H and O–H groups in total. The van der Waals surface area contributed by atoms with E-state index in [1.807, 2.05) is 30.3 Å². The molecule has 0 fully saturated rings. The average Bonchev–Trinajstić information content (AvgIpc) is 3.65. The van der Waals surface area contributed by atoms with E-state index in [-0.39, 0.29) is 38.0 Å². The van der Waals surface area contributed by atoms with Gasteiger partial charge in [0.1, 0.15) is 35.1 Å². The third-order valence-corrected chi connectivity index (χ3v) is 6.93. The number of para-hydroxylation sites is 1. The Morgan fingerprint density at radius 3 is 2.50 bits per heavy atom. The Labute approximate surface area is 203 Å². The summed E-state index contributed by atoms with van der Waals surface area (Å²) in [5.41, 5.74) is 1.65. The van der Waals surface area contributed by atoms with Gasteiger partial charge in [0.15, 0.2) is 11.5 Å². The number of benzene rings is 3. The maximum atomic E-state index is 14.1. The maximum Gasteiger partial charge on any atom is 0.246 e. The average molecular weight is 488 g/mol. The number of aromatic nitrogens is 3. The minimum atomic E-state index is -1.03. The third-order valence-electron chi connectivity index (χ3n) is 6.93. The van der Waals surface area contributed by atoms with Crippen molar-refractivity contribution < 1.29 is 27.8 Å². The number of nitrogens with zero attached hydrogens (tertiary/aromatic N) is 4. The summed E-state index contributed by atoms with van der Waals surface area (Å²) in [4.78, 5) is 15.7. The number of fused-ring (bicyclic) bond motifs is 5. The molecule has 0 saturated heterocycles. The van der Waals surface area contributed by atoms with Gasteiger partial charge in [-0.25, -0.2) is 13.5 Å². The lowest BCUT2D eigenvalue weighted by molar-refractivity contribution is -0.122. The van der Waals surface area contributed by atoms with Gasteiger partial charge in [-0.15, -0.1) is 5.10 Å². The first-order valence-corrected chi connectivity index (χ1v) is 11.3. The van der Waals surface area contributed by atoms with Crippen LogP contribution in [0.4, 0.5) is 14.5 Å². The van der Waals surface area contributed by atoms with Crippen LogP contribution in [0.5, 0.6) is 17.2 Å². The summed E-state index contributed by atoms with van der Waals surface area (Å²) in [6.45, 7) is 0.288. The van der Waals surface area contributed by atoms with E-state index in [9.17, 15) is 13.6 Å². The molecular weight excluding hydrogens is 470 g/mol. The largest absolute Gasteiger partial charge is 0.491 e. The van der Waals surface area contributed by atoms with E-state index >= 15 is 0 Å². The molecule has 3 aromatic carbocycles. The second-order valence-corrected chi connectivity index (χ2v) is 8.91. The molecule has 180 valence electrons. The van der Waals surface area contributed by atoms with Crippen molar-refractivity contribution in [3.05, 3.63) is 94.8 Å². The fourth-order valence-electron chi connectivity index (χ4n) is 5.22. The van der Waals surface area contributed by atoms with Gasteiger partial charge in [0, 0.05) is 22.9 Å². The van der Waals surface area contributed by atoms with Gasteiger partial charge in [-0.3, -0.25) is 4.79 Å². The van der Waals surface area contributed by atoms with E-state index in [0.717, 1.165) is 16.8 Å². The van der Waals surface area contributed by atoms with Crippen LogP contribution in [0.1, 0.15) is 22.4 Å². The van der Waals surface area contributed by atoms with E-state index < -0.39 is 17.0 Å². The van der Waals surface area contributed by atoms with Crippen LogP contribution >= 0.6 is 0 Å². The molecule has 0 aliphatic carbocycles. The second kappa shape index (κ2) is 7.51. The van der Waals surface area contributed by atoms with Gasteiger partial charge in [0.05, 0.1) is 19.3 Å². The van der Waals surface area contributed by atoms with Crippen molar-refractivity contribution in [3.63, 3.8) is 0 Å². The van der Waals surface area contributed by atoms with Gasteiger partial charge in [0.25, 0.3) is 0 Å². The molecule has 4 heterocycles. The van der Waals surface area contributed by atoms with Crippen LogP contribution in [0.2, 0.25) is 0 Å². The number of rotatable bonds is 4. The number of hydrogen-bond donors (Lipinski definition) is 0. The number of carbonyl (C=O) groups excluding carboxylic acids is 1. The molecule has 4 aromatic rings. The summed E-state index contributed by atoms with van der Waals surface area (Å²) < 4.78 is 46.5. The fraction of sp³-hybridized carbons (Fsp3) is 0.192. The Hall–Kier alpha value is -4.47. The highest BCUT2D eigenvalue weighted by atomic mass is 19.1. The molecule has 36 heavy (non-hydrogen) atoms. The topological polar surface area (TPSA) is 78.7 Å². The highest BCUT2D eigenvalue weighted by molar-refractivity contribution is 6.11. The molecule has 1 amide bonds. The molecule has 0 bridgehead atoms. The Morgan fingerprint density at radius 1 is 0.889 bits per heavy atom. The lowest BCUT2D eigenvalue weighted by Gasteiger charge is -2.22. The second-order valence-electron chi connectivity index (χ2n) is 8.91. The first-order valence-electron chi connectivity index (χ1n) is 11.3. The zero-order valence-electron chi connectivity index (χ0n) is 18.8. The minimum Gasteiger partial charge on any atom is -0.491 e. The Morgan fingerprint density at radius 2 is 1.67 bits per heavy atom. The van der Waals surface area contributed by atoms with Crippen molar-refractivity contribution in [2.24, 2.45) is 0 Å². The summed E-state index contributed by atoms with van der Waals surface area (Å²) >= 11 is 0. The summed E-state index contributed by atoms with van der Waals surface area (Å²) in [6.07, 6.45) is 1.59. The van der Waals surface area contributed by atoms with E-state index in [4.69, 9.17) is 14.2 Å². The maximum absolute atomic E-state index is 14.1. The first kappa shape index (κ1) is 20.9. The van der Waals surface area contributed by atoms with Gasteiger partial charge in [-0.1, -0.05) is 29.5 Å². The van der Waals surface area contributed by atoms with Crippen molar-refractivity contribution in [2.45, 2.75) is 18.5 Å². The number of anilines is 1. The normalized spacial score (nSPS) is 19.1. The standard InChI is InChI=1S/C26H18F2N4O4/c27-19-5-3-6-20(28)16(19)12-31-10-15(29-30-31)11-32-21-7-2-1-4-17(21)26(25(32)33)13-34-22-9-24-23(8-18(22)26)35-14-36-24/h1-10H,11-14H2. The van der Waals surface area contributed by atoms with Crippen LogP contribution in [0.25, 0.3) is 0 Å². The highest BCUT2D eigenvalue weighted by Crippen LogP contribution is 2.55. The molecule has 3 aliphatic heterocycles. The van der Waals surface area contributed by atoms with E-state index in [1.165, 1.54) is 22.9 Å². The predicted molar refractivity (Wildman–Crippen MR) is 122 cm³/mol. The third kappa shape index (κ3) is 2.87. The molecule has 7 rings (SSSR count). The number of ether oxygens (including phenoxy) is 3. The van der Waals surface area contributed by atoms with Crippen LogP contribution in [0.15, 0.2) is 60.8 Å². The predicted octanol–water partition coefficient (Wildman–Crippen LogP) is 3.56. The zero-order chi connectivity index (χ0) is 24.4. The van der Waals surface area contributed by atoms with Crippen LogP contribution in [0, 0.1) is 11.6 Å². The van der Waals surface area contributed by atoms with Gasteiger partial charge >= 0.3 is 0 Å². The van der Waals surface area contributed by atoms with Gasteiger partial charge < -0.3 is 19.1 Å². The molecule has 1 aromatic heterocycles. The monoisotopic (exact) mass is 488 g/mol. The molecule has 1 spiro atoms. The van der Waals surface area contributed by atoms with E-state index in [1.54, 1.807) is 17.2 Å². The van der Waals surface area contributed by atoms with Crippen molar-refractivity contribution in [1.29, 1.82) is 0 Å². The molecule has 0 saturated carbocycles. The van der Waals surface area contributed by atoms with Crippen molar-refractivity contribution in [1.82, 2.24) is 15.0 Å². The number of halogens is 2. The lowest BCUT2D eigenvalue weighted by atomic mass is 9.77. The quantitative estimate of drug-likeness (QED) is 0.437. The van der Waals surface area contributed by atoms with E-state index in [2.05, 4.69) is 10.3 Å². The Bertz CT molecular complexity index is 1530. The molecule has 10 heteroatoms. The SMILES string of the molecule is O=C1N(Cc2cn(Cc3c(F)cccc3F)nn2)c2ccccc2C12COc1cc3c(cc12)OCO3. The zero-order valence-corrected chi connectivity index (χ0v) is 18.8. The van der Waals surface area contributed by atoms with Gasteiger partial charge in [-0.05, 0) is 29.8 Å². The molecule has 8 nitrogen and oxygen atoms in total. The van der Waals surface area contributed by atoms with Gasteiger partial charge in [0.2, 0.25) is 12.7 Å². The molecular formula is C26H18F2N4O4. The molecule has 0 radical (unpaired) electrons. The van der Waals surface area contributed by atoms with Crippen molar-refractivity contribution >= 4 is 11.6 Å². The summed E-state index contributed by atoms with van der Waals surface area (Å²) in [5.74, 6) is 0.282. The van der Waals surface area contributed by atoms with Crippen molar-refractivity contribution in [3.8, 4) is 17.2 Å². The molecule has 3 aliphatic rings. The Balaban J connectivity index is 1.23. The summed E-state index contributed by atoms with van der Waals surface area (Å²) in [7, 11) is 0. The van der Waals surface area contributed by atoms with Crippen LogP contribution in [-0.2, 0) is 23.3 Å². The Kier molecular flexibility index (Phi) is 4.35. The van der Waals surface area contributed by atoms with Crippen LogP contribution in [0.3, 0.4) is 0 Å². The van der Waals surface area contributed by atoms with Crippen LogP contribution in [-0.4, -0.2) is 34.3 Å². The smallest absolute Gasteiger partial charge is 0.246 e. The number of amides is 1. The van der Waals surface area contributed by atoms with Crippen molar-refractivity contribution in [2.75, 3.05) is 18.3 Å². The van der Waals surface area contributed by atoms with Gasteiger partial charge in [-0.2, -0.15) is 0 Å².